The van der Waals surface area contributed by atoms with E-state index in [2.05, 4.69) is 60.3 Å². The van der Waals surface area contributed by atoms with Crippen molar-refractivity contribution in [1.82, 2.24) is 4.98 Å². The minimum absolute atomic E-state index is 0.206. The van der Waals surface area contributed by atoms with Gasteiger partial charge in [0.15, 0.2) is 6.29 Å². The molecule has 4 nitrogen and oxygen atoms in total. The Labute approximate surface area is 163 Å². The van der Waals surface area contributed by atoms with Gasteiger partial charge in [-0.3, -0.25) is 0 Å². The zero-order valence-electron chi connectivity index (χ0n) is 16.7. The van der Waals surface area contributed by atoms with Crippen LogP contribution in [0.5, 0.6) is 0 Å². The van der Waals surface area contributed by atoms with Gasteiger partial charge in [-0.15, -0.1) is 0 Å². The Bertz CT molecular complexity index is 816. The van der Waals surface area contributed by atoms with Gasteiger partial charge in [-0.25, -0.2) is 4.98 Å². The molecule has 2 aliphatic carbocycles. The van der Waals surface area contributed by atoms with Crippen molar-refractivity contribution in [3.8, 4) is 0 Å². The molecule has 0 bridgehead atoms. The fraction of sp³-hybridized carbons (Fsp3) is 0.500. The van der Waals surface area contributed by atoms with Crippen molar-refractivity contribution in [2.75, 3.05) is 12.4 Å². The van der Waals surface area contributed by atoms with E-state index in [1.54, 1.807) is 17.9 Å². The Hall–Kier alpha value is -1.69. The molecule has 0 radical (unpaired) electrons. The summed E-state index contributed by atoms with van der Waals surface area (Å²) in [6, 6.07) is 11.4. The fourth-order valence-electron chi connectivity index (χ4n) is 4.48. The summed E-state index contributed by atoms with van der Waals surface area (Å²) >= 11 is 0. The lowest BCUT2D eigenvalue weighted by Gasteiger charge is -2.21. The summed E-state index contributed by atoms with van der Waals surface area (Å²) in [5, 5.41) is 15.0. The normalized spacial score (nSPS) is 25.1. The number of rotatable bonds is 6. The van der Waals surface area contributed by atoms with Gasteiger partial charge in [0, 0.05) is 19.2 Å². The standard InChI is InChI=1S/C22H30N2O2Si/c1-26-22(25)18-12-17(18)14-8-11-21(23-13-14)24-19-10-9-16-15(19)6-5-7-20(16)27(2,3)4/h5-8,11,13,17-19,22,25H,9-10,12H2,1-4H3,(H,23,24)/t17-,18+,19-,22?/m1/s1. The lowest BCUT2D eigenvalue weighted by atomic mass is 10.1. The van der Waals surface area contributed by atoms with Crippen LogP contribution in [0.4, 0.5) is 5.82 Å². The van der Waals surface area contributed by atoms with Crippen molar-refractivity contribution >= 4 is 19.1 Å². The van der Waals surface area contributed by atoms with E-state index >= 15 is 0 Å². The molecule has 0 aliphatic heterocycles. The van der Waals surface area contributed by atoms with E-state index in [1.165, 1.54) is 11.1 Å². The smallest absolute Gasteiger partial charge is 0.157 e. The minimum Gasteiger partial charge on any atom is -0.368 e. The molecule has 1 unspecified atom stereocenters. The van der Waals surface area contributed by atoms with Crippen LogP contribution in [0.3, 0.4) is 0 Å². The summed E-state index contributed by atoms with van der Waals surface area (Å²) in [4.78, 5) is 4.64. The van der Waals surface area contributed by atoms with Gasteiger partial charge in [-0.1, -0.05) is 49.1 Å². The van der Waals surface area contributed by atoms with Crippen molar-refractivity contribution in [2.24, 2.45) is 5.92 Å². The van der Waals surface area contributed by atoms with Gasteiger partial charge >= 0.3 is 0 Å². The van der Waals surface area contributed by atoms with Crippen molar-refractivity contribution < 1.29 is 9.84 Å². The molecule has 0 spiro atoms. The summed E-state index contributed by atoms with van der Waals surface area (Å²) in [5.41, 5.74) is 4.21. The Morgan fingerprint density at radius 2 is 2.04 bits per heavy atom. The second-order valence-electron chi connectivity index (χ2n) is 8.97. The number of nitrogens with zero attached hydrogens (tertiary/aromatic N) is 1. The lowest BCUT2D eigenvalue weighted by Crippen LogP contribution is -2.40. The van der Waals surface area contributed by atoms with Gasteiger partial charge in [-0.2, -0.15) is 0 Å². The van der Waals surface area contributed by atoms with Crippen LogP contribution in [0.1, 0.15) is 41.5 Å². The number of methoxy groups -OCH3 is 1. The van der Waals surface area contributed by atoms with E-state index in [9.17, 15) is 5.11 Å². The summed E-state index contributed by atoms with van der Waals surface area (Å²) in [6.45, 7) is 7.28. The first-order valence-electron chi connectivity index (χ1n) is 9.94. The Kier molecular flexibility index (Phi) is 4.87. The molecule has 2 aromatic rings. The molecule has 1 fully saturated rings. The Morgan fingerprint density at radius 3 is 2.70 bits per heavy atom. The molecular formula is C22H30N2O2Si. The number of aromatic nitrogens is 1. The quantitative estimate of drug-likeness (QED) is 0.589. The molecule has 1 heterocycles. The maximum Gasteiger partial charge on any atom is 0.157 e. The predicted octanol–water partition coefficient (Wildman–Crippen LogP) is 3.79. The first kappa shape index (κ1) is 18.7. The van der Waals surface area contributed by atoms with E-state index in [0.717, 1.165) is 25.1 Å². The maximum atomic E-state index is 9.79. The van der Waals surface area contributed by atoms with Crippen LogP contribution in [-0.4, -0.2) is 31.6 Å². The number of fused-ring (bicyclic) bond motifs is 1. The van der Waals surface area contributed by atoms with Gasteiger partial charge in [0.1, 0.15) is 5.82 Å². The summed E-state index contributed by atoms with van der Waals surface area (Å²) in [5.74, 6) is 1.50. The Balaban J connectivity index is 1.46. The van der Waals surface area contributed by atoms with Gasteiger partial charge < -0.3 is 15.2 Å². The lowest BCUT2D eigenvalue weighted by molar-refractivity contribution is -0.0895. The van der Waals surface area contributed by atoms with E-state index in [-0.39, 0.29) is 5.92 Å². The maximum absolute atomic E-state index is 9.79. The monoisotopic (exact) mass is 382 g/mol. The highest BCUT2D eigenvalue weighted by molar-refractivity contribution is 6.89. The number of benzene rings is 1. The van der Waals surface area contributed by atoms with E-state index in [4.69, 9.17) is 4.74 Å². The zero-order chi connectivity index (χ0) is 19.2. The van der Waals surface area contributed by atoms with Crippen molar-refractivity contribution in [3.63, 3.8) is 0 Å². The topological polar surface area (TPSA) is 54.4 Å². The molecule has 4 rings (SSSR count). The number of aliphatic hydroxyl groups is 1. The third-order valence-electron chi connectivity index (χ3n) is 6.06. The summed E-state index contributed by atoms with van der Waals surface area (Å²) in [6.07, 6.45) is 4.54. The van der Waals surface area contributed by atoms with Gasteiger partial charge in [0.25, 0.3) is 0 Å². The van der Waals surface area contributed by atoms with Crippen LogP contribution in [0.25, 0.3) is 0 Å². The van der Waals surface area contributed by atoms with E-state index in [1.807, 2.05) is 6.20 Å². The first-order chi connectivity index (χ1) is 12.9. The molecule has 4 atom stereocenters. The van der Waals surface area contributed by atoms with Gasteiger partial charge in [-0.05, 0) is 47.9 Å². The van der Waals surface area contributed by atoms with Crippen molar-refractivity contribution in [3.05, 3.63) is 53.2 Å². The number of nitrogens with one attached hydrogen (secondary N) is 1. The molecule has 0 saturated heterocycles. The minimum atomic E-state index is -1.32. The van der Waals surface area contributed by atoms with Crippen LogP contribution >= 0.6 is 0 Å². The first-order valence-corrected chi connectivity index (χ1v) is 13.4. The highest BCUT2D eigenvalue weighted by atomic mass is 28.3. The highest BCUT2D eigenvalue weighted by Crippen LogP contribution is 2.49. The van der Waals surface area contributed by atoms with Crippen molar-refractivity contribution in [1.29, 1.82) is 0 Å². The third-order valence-corrected chi connectivity index (χ3v) is 8.15. The number of pyridine rings is 1. The number of anilines is 1. The molecule has 2 aliphatic rings. The van der Waals surface area contributed by atoms with Gasteiger partial charge in [0.05, 0.1) is 14.1 Å². The number of ether oxygens (including phenoxy) is 1. The third kappa shape index (κ3) is 3.68. The van der Waals surface area contributed by atoms with E-state index in [0.29, 0.717) is 12.0 Å². The molecule has 144 valence electrons. The van der Waals surface area contributed by atoms with Gasteiger partial charge in [0.2, 0.25) is 0 Å². The average molecular weight is 383 g/mol. The second kappa shape index (κ2) is 7.04. The largest absolute Gasteiger partial charge is 0.368 e. The Morgan fingerprint density at radius 1 is 1.22 bits per heavy atom. The molecule has 2 N–H and O–H groups in total. The number of hydrogen-bond donors (Lipinski definition) is 2. The van der Waals surface area contributed by atoms with Crippen LogP contribution < -0.4 is 10.5 Å². The molecule has 27 heavy (non-hydrogen) atoms. The van der Waals surface area contributed by atoms with Crippen LogP contribution in [0, 0.1) is 5.92 Å². The fourth-order valence-corrected chi connectivity index (χ4v) is 6.25. The SMILES string of the molecule is COC(O)[C@H]1C[C@@H]1c1ccc(N[C@@H]2CCc3c2cccc3[Si](C)(C)C)nc1. The van der Waals surface area contributed by atoms with Crippen LogP contribution in [0.2, 0.25) is 19.6 Å². The molecule has 1 aromatic carbocycles. The summed E-state index contributed by atoms with van der Waals surface area (Å²) in [7, 11) is 0.236. The number of aliphatic hydroxyl groups excluding tert-OH is 1. The molecule has 0 amide bonds. The molecular weight excluding hydrogens is 352 g/mol. The highest BCUT2D eigenvalue weighted by Gasteiger charge is 2.44. The number of hydrogen-bond acceptors (Lipinski definition) is 4. The predicted molar refractivity (Wildman–Crippen MR) is 112 cm³/mol. The average Bonchev–Trinajstić information content (AvgIpc) is 3.35. The molecule has 5 heteroatoms. The summed E-state index contributed by atoms with van der Waals surface area (Å²) < 4.78 is 5.03. The zero-order valence-corrected chi connectivity index (χ0v) is 17.7. The second-order valence-corrected chi connectivity index (χ2v) is 14.0. The van der Waals surface area contributed by atoms with E-state index < -0.39 is 14.4 Å². The van der Waals surface area contributed by atoms with Crippen molar-refractivity contribution in [2.45, 2.75) is 57.2 Å². The van der Waals surface area contributed by atoms with Crippen LogP contribution in [-0.2, 0) is 11.2 Å². The van der Waals surface area contributed by atoms with Crippen LogP contribution in [0.15, 0.2) is 36.5 Å². The molecule has 1 saturated carbocycles. The molecule has 1 aromatic heterocycles.